The maximum absolute atomic E-state index is 14.5. The number of aliphatic carboxylic acids is 5. The minimum atomic E-state index is -2.55. The Balaban J connectivity index is 1.96. The summed E-state index contributed by atoms with van der Waals surface area (Å²) in [4.78, 5) is 206. The van der Waals surface area contributed by atoms with Gasteiger partial charge in [0.05, 0.1) is 24.5 Å². The lowest BCUT2D eigenvalue weighted by Crippen LogP contribution is -2.50. The van der Waals surface area contributed by atoms with Crippen molar-refractivity contribution in [2.45, 2.75) is 151 Å². The molecule has 0 bridgehead atoms. The van der Waals surface area contributed by atoms with Crippen LogP contribution in [0, 0.1) is 11.8 Å². The van der Waals surface area contributed by atoms with Gasteiger partial charge in [-0.2, -0.15) is 4.98 Å². The summed E-state index contributed by atoms with van der Waals surface area (Å²) in [5.74, 6) is -23.6. The van der Waals surface area contributed by atoms with Crippen molar-refractivity contribution in [2.75, 3.05) is 30.7 Å². The summed E-state index contributed by atoms with van der Waals surface area (Å²) >= 11 is 0. The van der Waals surface area contributed by atoms with E-state index < -0.39 is 257 Å². The van der Waals surface area contributed by atoms with Crippen LogP contribution in [0.2, 0.25) is 0 Å². The summed E-state index contributed by atoms with van der Waals surface area (Å²) in [5.41, 5.74) is 5.45. The van der Waals surface area contributed by atoms with Crippen molar-refractivity contribution in [3.05, 3.63) is 52.1 Å². The van der Waals surface area contributed by atoms with Crippen molar-refractivity contribution in [2.24, 2.45) is 11.8 Å². The highest BCUT2D eigenvalue weighted by atomic mass is 16.4. The molecule has 41 heteroatoms. The van der Waals surface area contributed by atoms with Gasteiger partial charge in [0, 0.05) is 81.2 Å². The van der Waals surface area contributed by atoms with Crippen LogP contribution < -0.4 is 48.5 Å². The van der Waals surface area contributed by atoms with Gasteiger partial charge in [-0.05, 0) is 56.9 Å². The number of rotatable bonds is 44. The van der Waals surface area contributed by atoms with Gasteiger partial charge in [-0.3, -0.25) is 52.9 Å². The van der Waals surface area contributed by atoms with Crippen LogP contribution in [0.5, 0.6) is 0 Å². The fourth-order valence-corrected chi connectivity index (χ4v) is 8.64. The van der Waals surface area contributed by atoms with Crippen LogP contribution in [0.4, 0.5) is 11.6 Å². The average molecular weight is 1370 g/mol. The predicted molar refractivity (Wildman–Crippen MR) is 316 cm³/mol. The molecular weight excluding hydrogens is 1290 g/mol. The van der Waals surface area contributed by atoms with Crippen molar-refractivity contribution >= 4 is 105 Å². The largest absolute Gasteiger partial charge is 0.480 e. The molecule has 0 saturated carbocycles. The van der Waals surface area contributed by atoms with Gasteiger partial charge < -0.3 is 114 Å². The van der Waals surface area contributed by atoms with Crippen molar-refractivity contribution < 1.29 is 139 Å². The SMILES string of the molecule is CC(=O)[C@H](NC(=O)[C@H](CCC(=O)NC[C@H](O)[C@@H](O)[C@H](O)C(=O)O)CC(=O)[C@H](CCC(=O)NC[C@H](O)[C@@H](O)[C@H](O)C(=O)O)NC(=O)[C@H](CCC(=O)NC[C@H](O)[C@@H](O)[C@H](O)C(=O)O)CC(=O)CC[C@H](NC(=O)c1ccc(NCc2cnc3nc(N)[nH]c(=O)c3n2)cc1)C(=O)O)C(=O)O. The van der Waals surface area contributed by atoms with E-state index in [0.717, 1.165) is 6.92 Å². The van der Waals surface area contributed by atoms with E-state index in [-0.39, 0.29) is 29.2 Å². The molecule has 3 rings (SSSR count). The molecule has 24 N–H and O–H groups in total. The number of nitrogens with two attached hydrogens (primary N) is 1. The normalized spacial score (nSPS) is 15.6. The molecule has 96 heavy (non-hydrogen) atoms. The summed E-state index contributed by atoms with van der Waals surface area (Å²) in [6.45, 7) is -2.02. The van der Waals surface area contributed by atoms with Crippen molar-refractivity contribution in [3.8, 4) is 0 Å². The van der Waals surface area contributed by atoms with Gasteiger partial charge in [-0.1, -0.05) is 0 Å². The lowest BCUT2D eigenvalue weighted by atomic mass is 9.89. The molecule has 0 aliphatic carbocycles. The van der Waals surface area contributed by atoms with Gasteiger partial charge in [-0.25, -0.2) is 33.9 Å². The Hall–Kier alpha value is -10.1. The van der Waals surface area contributed by atoms with Crippen LogP contribution >= 0.6 is 0 Å². The third-order valence-electron chi connectivity index (χ3n) is 14.3. The number of amides is 6. The zero-order valence-electron chi connectivity index (χ0n) is 50.7. The fraction of sp³-hybridized carbons (Fsp3) is 0.527. The first-order valence-corrected chi connectivity index (χ1v) is 28.8. The number of hydrogen-bond acceptors (Lipinski definition) is 29. The maximum Gasteiger partial charge on any atom is 0.335 e. The monoisotopic (exact) mass is 1370 g/mol. The van der Waals surface area contributed by atoms with Crippen molar-refractivity contribution in [1.82, 2.24) is 51.8 Å². The number of carbonyl (C=O) groups is 14. The van der Waals surface area contributed by atoms with Crippen LogP contribution in [0.25, 0.3) is 11.2 Å². The van der Waals surface area contributed by atoms with Crippen LogP contribution in [0.3, 0.4) is 0 Å². The number of H-pyrrole nitrogens is 1. The molecule has 0 aliphatic heterocycles. The quantitative estimate of drug-likeness (QED) is 0.0234. The van der Waals surface area contributed by atoms with Crippen LogP contribution in [0.1, 0.15) is 87.2 Å². The number of aliphatic hydroxyl groups excluding tert-OH is 9. The number of nitrogens with zero attached hydrogens (tertiary/aromatic N) is 3. The molecule has 2 heterocycles. The van der Waals surface area contributed by atoms with Gasteiger partial charge >= 0.3 is 29.8 Å². The fourth-order valence-electron chi connectivity index (χ4n) is 8.64. The molecule has 528 valence electrons. The standard InChI is InChI=1S/C55H74N12O29/c1-21(68)37(51(89)90)65-48(85)24(5-12-35(75)59-19-32(72)40(78)43(81)53(93)94)15-30(70)28(10-13-36(76)60-20-33(73)41(79)44(82)54(95)96)63-47(84)23(4-11-34(74)58-18-31(71)39(77)42(80)52(91)92)14-27(69)8-9-29(50(87)88)64-46(83)22-2-6-25(7-3-22)57-16-26-17-61-45-38(62-26)49(86)67-55(56)66-45/h2-3,6-7,17,23-24,28-29,31-33,37,39-44,57,71-73,77-82H,4-5,8-16,18-20H2,1H3,(H,58,74)(H,59,75)(H,60,76)(H,63,84)(H,64,83)(H,65,85)(H,87,88)(H,89,90)(H,91,92)(H,93,94)(H,95,96)(H3,56,61,66,67,86)/t23-,24-,28+,29+,31+,32+,33+,37+,39-,40-,41-,42+,43+,44+/m1/s1. The molecule has 1 aromatic carbocycles. The molecule has 14 atom stereocenters. The van der Waals surface area contributed by atoms with Crippen LogP contribution in [-0.2, 0) is 68.9 Å². The van der Waals surface area contributed by atoms with E-state index in [1.54, 1.807) is 0 Å². The molecule has 2 aromatic heterocycles. The van der Waals surface area contributed by atoms with E-state index in [1.165, 1.54) is 30.5 Å². The van der Waals surface area contributed by atoms with Gasteiger partial charge in [0.25, 0.3) is 11.5 Å². The molecular formula is C55H74N12O29. The van der Waals surface area contributed by atoms with E-state index in [4.69, 9.17) is 21.1 Å². The number of hydrogen-bond donors (Lipinski definition) is 23. The minimum Gasteiger partial charge on any atom is -0.480 e. The zero-order chi connectivity index (χ0) is 72.4. The molecule has 0 fully saturated rings. The van der Waals surface area contributed by atoms with Gasteiger partial charge in [0.2, 0.25) is 35.5 Å². The number of ketones is 3. The van der Waals surface area contributed by atoms with Gasteiger partial charge in [0.1, 0.15) is 48.4 Å². The molecule has 41 nitrogen and oxygen atoms in total. The lowest BCUT2D eigenvalue weighted by Gasteiger charge is -2.25. The van der Waals surface area contributed by atoms with E-state index in [0.29, 0.717) is 11.4 Å². The Morgan fingerprint density at radius 3 is 1.43 bits per heavy atom. The first-order valence-electron chi connectivity index (χ1n) is 28.8. The maximum atomic E-state index is 14.5. The second-order valence-electron chi connectivity index (χ2n) is 21.6. The number of fused-ring (bicyclic) bond motifs is 1. The summed E-state index contributed by atoms with van der Waals surface area (Å²) in [7, 11) is 0. The van der Waals surface area contributed by atoms with Crippen LogP contribution in [-0.4, -0.2) is 267 Å². The van der Waals surface area contributed by atoms with E-state index in [9.17, 15) is 128 Å². The number of Topliss-reactive ketones (excluding diaryl/α,β-unsaturated/α-hetero) is 3. The molecule has 0 spiro atoms. The molecule has 6 amide bonds. The second-order valence-corrected chi connectivity index (χ2v) is 21.6. The third kappa shape index (κ3) is 26.0. The first-order chi connectivity index (χ1) is 44.9. The first kappa shape index (κ1) is 80.1. The number of nitrogen functional groups attached to an aromatic ring is 1. The Morgan fingerprint density at radius 2 is 0.979 bits per heavy atom. The zero-order valence-corrected chi connectivity index (χ0v) is 50.7. The molecule has 0 aliphatic rings. The number of carbonyl (C=O) groups excluding carboxylic acids is 9. The van der Waals surface area contributed by atoms with Crippen LogP contribution in [0.15, 0.2) is 35.3 Å². The number of nitrogens with one attached hydrogen (secondary N) is 8. The highest BCUT2D eigenvalue weighted by Crippen LogP contribution is 2.21. The summed E-state index contributed by atoms with van der Waals surface area (Å²) < 4.78 is 0. The van der Waals surface area contributed by atoms with E-state index in [1.807, 2.05) is 5.32 Å². The Labute approximate surface area is 539 Å². The Morgan fingerprint density at radius 1 is 0.531 bits per heavy atom. The molecule has 3 aromatic rings. The van der Waals surface area contributed by atoms with Gasteiger partial charge in [-0.15, -0.1) is 0 Å². The number of aromatic amines is 1. The predicted octanol–water partition coefficient (Wildman–Crippen LogP) is -9.14. The smallest absolute Gasteiger partial charge is 0.335 e. The number of aromatic nitrogens is 4. The number of carboxylic acid groups (broad SMARTS) is 5. The number of benzene rings is 1. The van der Waals surface area contributed by atoms with E-state index in [2.05, 4.69) is 51.8 Å². The third-order valence-corrected chi connectivity index (χ3v) is 14.3. The second kappa shape index (κ2) is 38.3. The summed E-state index contributed by atoms with van der Waals surface area (Å²) in [6.07, 6.45) is -28.0. The number of aliphatic hydroxyl groups is 9. The Kier molecular flexibility index (Phi) is 31.9. The average Bonchev–Trinajstić information content (AvgIpc) is 0.856. The topological polar surface area (TPSA) is 704 Å². The highest BCUT2D eigenvalue weighted by Gasteiger charge is 2.37. The number of carboxylic acids is 5. The molecule has 0 radical (unpaired) electrons. The highest BCUT2D eigenvalue weighted by molar-refractivity contribution is 6.05. The lowest BCUT2D eigenvalue weighted by molar-refractivity contribution is -0.158. The summed E-state index contributed by atoms with van der Waals surface area (Å²) in [5, 5.41) is 152. The van der Waals surface area contributed by atoms with Gasteiger partial charge in [0.15, 0.2) is 47.1 Å². The number of anilines is 2. The van der Waals surface area contributed by atoms with Crippen molar-refractivity contribution in [1.29, 1.82) is 0 Å². The minimum absolute atomic E-state index is 0.00337. The van der Waals surface area contributed by atoms with E-state index >= 15 is 0 Å². The Bertz CT molecular complexity index is 3360. The van der Waals surface area contributed by atoms with Crippen molar-refractivity contribution in [3.63, 3.8) is 0 Å². The molecule has 0 unspecified atom stereocenters. The summed E-state index contributed by atoms with van der Waals surface area (Å²) in [6, 6.07) is -0.636. The molecule has 0 saturated heterocycles.